The van der Waals surface area contributed by atoms with Crippen LogP contribution in [0.1, 0.15) is 99.4 Å². The van der Waals surface area contributed by atoms with Crippen LogP contribution in [0.25, 0.3) is 0 Å². The number of benzene rings is 3. The van der Waals surface area contributed by atoms with Gasteiger partial charge in [0.05, 0.1) is 43.4 Å². The highest BCUT2D eigenvalue weighted by Gasteiger charge is 2.39. The maximum atomic E-state index is 14.0. The molecule has 0 aliphatic rings. The van der Waals surface area contributed by atoms with Crippen molar-refractivity contribution in [3.8, 4) is 17.2 Å². The first-order valence-electron chi connectivity index (χ1n) is 16.7. The fourth-order valence-electron chi connectivity index (χ4n) is 5.54. The zero-order valence-electron chi connectivity index (χ0n) is 28.7. The summed E-state index contributed by atoms with van der Waals surface area (Å²) in [7, 11) is 3.71. The number of halogens is 9. The summed E-state index contributed by atoms with van der Waals surface area (Å²) in [5.41, 5.74) is -2.63. The molecule has 0 aliphatic carbocycles. The second-order valence-electron chi connectivity index (χ2n) is 13.2. The Balaban J connectivity index is 1.94. The van der Waals surface area contributed by atoms with E-state index in [0.717, 1.165) is 105 Å². The molecule has 0 radical (unpaired) electrons. The van der Waals surface area contributed by atoms with Gasteiger partial charge < -0.3 is 18.4 Å². The summed E-state index contributed by atoms with van der Waals surface area (Å²) in [5.74, 6) is -0.349. The summed E-state index contributed by atoms with van der Waals surface area (Å²) in [5, 5.41) is 0. The van der Waals surface area contributed by atoms with Gasteiger partial charge in [0.1, 0.15) is 23.3 Å². The van der Waals surface area contributed by atoms with Crippen molar-refractivity contribution in [2.45, 2.75) is 95.7 Å². The molecule has 0 amide bonds. The lowest BCUT2D eigenvalue weighted by molar-refractivity contribution is -0.902. The highest BCUT2D eigenvalue weighted by molar-refractivity contribution is 6.39. The number of rotatable bonds is 18. The molecule has 14 heteroatoms. The molecule has 276 valence electrons. The lowest BCUT2D eigenvalue weighted by Gasteiger charge is -2.36. The van der Waals surface area contributed by atoms with Crippen molar-refractivity contribution in [3.63, 3.8) is 0 Å². The molecule has 3 aromatic rings. The molecule has 0 saturated heterocycles. The van der Waals surface area contributed by atoms with Gasteiger partial charge in [0.25, 0.3) is 0 Å². The molecule has 4 nitrogen and oxygen atoms in total. The fraction of sp³-hybridized carbons (Fsp3) is 0.500. The third-order valence-electron chi connectivity index (χ3n) is 8.26. The number of nitrogens with zero attached hydrogens (tertiary/aromatic N) is 1. The molecule has 50 heavy (non-hydrogen) atoms. The van der Waals surface area contributed by atoms with E-state index in [0.29, 0.717) is 6.42 Å². The predicted molar refractivity (Wildman–Crippen MR) is 175 cm³/mol. The van der Waals surface area contributed by atoms with Crippen LogP contribution in [0.2, 0.25) is 0 Å². The van der Waals surface area contributed by atoms with E-state index >= 15 is 0 Å². The first kappa shape index (κ1) is 40.9. The van der Waals surface area contributed by atoms with Crippen molar-refractivity contribution in [2.75, 3.05) is 21.1 Å². The lowest BCUT2D eigenvalue weighted by Crippen LogP contribution is -2.41. The zero-order chi connectivity index (χ0) is 37.2. The number of unbranched alkanes of at least 4 members (excludes halogenated alkanes) is 8. The van der Waals surface area contributed by atoms with E-state index in [1.165, 1.54) is 19.3 Å². The van der Waals surface area contributed by atoms with Crippen molar-refractivity contribution in [1.82, 2.24) is 0 Å². The van der Waals surface area contributed by atoms with Gasteiger partial charge in [0, 0.05) is 6.42 Å². The molecule has 3 aromatic carbocycles. The highest BCUT2D eigenvalue weighted by atomic mass is 19.4. The van der Waals surface area contributed by atoms with E-state index < -0.39 is 48.6 Å². The minimum atomic E-state index is -4.67. The van der Waals surface area contributed by atoms with E-state index in [9.17, 15) is 39.5 Å². The molecule has 0 N–H and O–H groups in total. The summed E-state index contributed by atoms with van der Waals surface area (Å²) >= 11 is 0. The van der Waals surface area contributed by atoms with Crippen molar-refractivity contribution in [3.05, 3.63) is 89.0 Å². The van der Waals surface area contributed by atoms with E-state index in [2.05, 4.69) is 6.92 Å². The van der Waals surface area contributed by atoms with Crippen LogP contribution in [0, 0.1) is 0 Å². The number of alkyl halides is 9. The fourth-order valence-corrected chi connectivity index (χ4v) is 5.54. The van der Waals surface area contributed by atoms with Gasteiger partial charge in [-0.1, -0.05) is 58.3 Å². The number of hydrogen-bond donors (Lipinski definition) is 0. The summed E-state index contributed by atoms with van der Waals surface area (Å²) in [6.45, 7) is 2.16. The van der Waals surface area contributed by atoms with Gasteiger partial charge >= 0.3 is 25.9 Å². The lowest BCUT2D eigenvalue weighted by atomic mass is 9.94. The van der Waals surface area contributed by atoms with Gasteiger partial charge in [0.2, 0.25) is 0 Å². The first-order chi connectivity index (χ1) is 23.3. The average Bonchev–Trinajstić information content (AvgIpc) is 3.01. The van der Waals surface area contributed by atoms with Gasteiger partial charge in [-0.2, -0.15) is 39.5 Å². The third kappa shape index (κ3) is 13.0. The van der Waals surface area contributed by atoms with Crippen LogP contribution in [-0.4, -0.2) is 32.9 Å². The van der Waals surface area contributed by atoms with Crippen LogP contribution in [-0.2, 0) is 18.5 Å². The van der Waals surface area contributed by atoms with E-state index in [4.69, 9.17) is 14.0 Å². The minimum absolute atomic E-state index is 0.0456. The Hall–Kier alpha value is -3.55. The molecular formula is C36H44BF9NO3+. The van der Waals surface area contributed by atoms with Crippen molar-refractivity contribution < 1.29 is 58.0 Å². The third-order valence-corrected chi connectivity index (χ3v) is 8.26. The van der Waals surface area contributed by atoms with Crippen LogP contribution < -0.4 is 14.0 Å². The van der Waals surface area contributed by atoms with Gasteiger partial charge in [0.15, 0.2) is 0 Å². The second-order valence-corrected chi connectivity index (χ2v) is 13.2. The minimum Gasteiger partial charge on any atom is -0.490 e. The van der Waals surface area contributed by atoms with Crippen molar-refractivity contribution in [1.29, 1.82) is 0 Å². The van der Waals surface area contributed by atoms with Crippen LogP contribution in [0.5, 0.6) is 17.2 Å². The normalized spacial score (nSPS) is 13.2. The monoisotopic (exact) mass is 720 g/mol. The van der Waals surface area contributed by atoms with E-state index in [1.807, 2.05) is 21.1 Å². The number of hydrogen-bond acceptors (Lipinski definition) is 3. The molecule has 0 spiro atoms. The van der Waals surface area contributed by atoms with Crippen LogP contribution in [0.4, 0.5) is 39.5 Å². The summed E-state index contributed by atoms with van der Waals surface area (Å²) in [6, 6.07) is 9.50. The summed E-state index contributed by atoms with van der Waals surface area (Å²) in [4.78, 5) is 0. The molecule has 0 saturated carbocycles. The van der Waals surface area contributed by atoms with Crippen molar-refractivity contribution >= 4 is 7.32 Å². The molecule has 0 heterocycles. The maximum absolute atomic E-state index is 14.0. The van der Waals surface area contributed by atoms with Crippen LogP contribution in [0.3, 0.4) is 0 Å². The first-order valence-corrected chi connectivity index (χ1v) is 16.7. The molecule has 3 rings (SSSR count). The molecule has 1 unspecified atom stereocenters. The molecule has 0 fully saturated rings. The van der Waals surface area contributed by atoms with Crippen LogP contribution >= 0.6 is 0 Å². The largest absolute Gasteiger partial charge is 0.864 e. The maximum Gasteiger partial charge on any atom is 0.864 e. The zero-order valence-corrected chi connectivity index (χ0v) is 28.7. The van der Waals surface area contributed by atoms with Crippen LogP contribution in [0.15, 0.2) is 66.7 Å². The Morgan fingerprint density at radius 1 is 0.540 bits per heavy atom. The van der Waals surface area contributed by atoms with Gasteiger partial charge in [-0.25, -0.2) is 0 Å². The molecule has 0 aliphatic heterocycles. The Morgan fingerprint density at radius 2 is 0.940 bits per heavy atom. The Bertz CT molecular complexity index is 1390. The quantitative estimate of drug-likeness (QED) is 0.0567. The van der Waals surface area contributed by atoms with E-state index in [-0.39, 0.29) is 27.3 Å². The Morgan fingerprint density at radius 3 is 1.34 bits per heavy atom. The average molecular weight is 721 g/mol. The van der Waals surface area contributed by atoms with Gasteiger partial charge in [-0.05, 0) is 73.2 Å². The Labute approximate surface area is 288 Å². The standard InChI is InChI=1S/C36H44BF9NO3/c1-5-6-7-8-9-10-11-12-13-14-32(47(2,3)4)31-25-28(36(44,45)46)19-24-33(31)50-37(48-29-20-15-26(16-21-29)34(38,39)40)49-30-22-17-27(18-23-30)35(41,42)43/h15-25,32H,5-14H2,1-4H3/q+1. The molecule has 0 bridgehead atoms. The Kier molecular flexibility index (Phi) is 14.4. The summed E-state index contributed by atoms with van der Waals surface area (Å²) in [6.07, 6.45) is -3.87. The number of quaternary nitrogens is 1. The molecular weight excluding hydrogens is 676 g/mol. The van der Waals surface area contributed by atoms with Gasteiger partial charge in [-0.15, -0.1) is 0 Å². The highest BCUT2D eigenvalue weighted by Crippen LogP contribution is 2.40. The summed E-state index contributed by atoms with van der Waals surface area (Å²) < 4.78 is 139. The van der Waals surface area contributed by atoms with E-state index in [1.54, 1.807) is 0 Å². The smallest absolute Gasteiger partial charge is 0.490 e. The molecule has 0 aromatic heterocycles. The SMILES string of the molecule is CCCCCCCCCCCC(c1cc(C(F)(F)F)ccc1OB(Oc1ccc(C(F)(F)F)cc1)Oc1ccc(C(F)(F)F)cc1)[N+](C)(C)C. The van der Waals surface area contributed by atoms with Crippen molar-refractivity contribution in [2.24, 2.45) is 0 Å². The topological polar surface area (TPSA) is 27.7 Å². The predicted octanol–water partition coefficient (Wildman–Crippen LogP) is 11.9. The van der Waals surface area contributed by atoms with Gasteiger partial charge in [-0.3, -0.25) is 0 Å². The molecule has 1 atom stereocenters. The second kappa shape index (κ2) is 17.6.